The third-order valence-electron chi connectivity index (χ3n) is 4.56. The Morgan fingerprint density at radius 2 is 1.90 bits per heavy atom. The summed E-state index contributed by atoms with van der Waals surface area (Å²) in [5.74, 6) is 0.250. The summed E-state index contributed by atoms with van der Waals surface area (Å²) in [5, 5.41) is 9.96. The van der Waals surface area contributed by atoms with Crippen LogP contribution in [0.4, 0.5) is 0 Å². The molecule has 0 unspecified atom stereocenters. The fraction of sp³-hybridized carbons (Fsp3) is 0.238. The normalized spacial score (nSPS) is 11.2. The molecule has 2 aromatic carbocycles. The summed E-state index contributed by atoms with van der Waals surface area (Å²) in [7, 11) is 1.63. The van der Waals surface area contributed by atoms with Crippen LogP contribution in [0.5, 0.6) is 0 Å². The van der Waals surface area contributed by atoms with Crippen molar-refractivity contribution in [2.24, 2.45) is 0 Å². The standard InChI is InChI=1S/C21H21N5O2S/c1-28-12-11-26(13-15-7-3-2-4-8-15)18(27)14-29-21-23-20-19(24-25-21)16-9-5-6-10-17(16)22-20/h2-10H,11-14H2,1H3,(H,22,23,25). The summed E-state index contributed by atoms with van der Waals surface area (Å²) in [6.45, 7) is 1.57. The van der Waals surface area contributed by atoms with Gasteiger partial charge in [0.2, 0.25) is 11.1 Å². The topological polar surface area (TPSA) is 84.0 Å². The molecule has 4 aromatic rings. The van der Waals surface area contributed by atoms with E-state index in [1.165, 1.54) is 11.8 Å². The number of hydrogen-bond acceptors (Lipinski definition) is 6. The van der Waals surface area contributed by atoms with E-state index in [9.17, 15) is 4.79 Å². The number of H-pyrrole nitrogens is 1. The molecule has 0 radical (unpaired) electrons. The first-order valence-electron chi connectivity index (χ1n) is 9.29. The predicted molar refractivity (Wildman–Crippen MR) is 114 cm³/mol. The number of ether oxygens (including phenoxy) is 1. The van der Waals surface area contributed by atoms with E-state index in [1.807, 2.05) is 54.6 Å². The molecule has 2 aromatic heterocycles. The Balaban J connectivity index is 1.45. The number of carbonyl (C=O) groups is 1. The minimum Gasteiger partial charge on any atom is -0.383 e. The molecule has 0 aliphatic heterocycles. The Hall–Kier alpha value is -2.97. The van der Waals surface area contributed by atoms with Crippen molar-refractivity contribution in [1.29, 1.82) is 0 Å². The molecule has 8 heteroatoms. The molecule has 148 valence electrons. The number of amides is 1. The van der Waals surface area contributed by atoms with Gasteiger partial charge < -0.3 is 14.6 Å². The Morgan fingerprint density at radius 3 is 2.72 bits per heavy atom. The van der Waals surface area contributed by atoms with Crippen molar-refractivity contribution in [3.05, 3.63) is 60.2 Å². The molecule has 0 bridgehead atoms. The lowest BCUT2D eigenvalue weighted by atomic mass is 10.2. The number of para-hydroxylation sites is 1. The molecule has 4 rings (SSSR count). The highest BCUT2D eigenvalue weighted by Crippen LogP contribution is 2.23. The molecule has 0 atom stereocenters. The summed E-state index contributed by atoms with van der Waals surface area (Å²) in [4.78, 5) is 22.4. The van der Waals surface area contributed by atoms with Crippen molar-refractivity contribution in [2.75, 3.05) is 26.0 Å². The van der Waals surface area contributed by atoms with E-state index in [0.717, 1.165) is 22.0 Å². The highest BCUT2D eigenvalue weighted by atomic mass is 32.2. The van der Waals surface area contributed by atoms with Gasteiger partial charge in [-0.2, -0.15) is 0 Å². The highest BCUT2D eigenvalue weighted by molar-refractivity contribution is 7.99. The lowest BCUT2D eigenvalue weighted by molar-refractivity contribution is -0.129. The van der Waals surface area contributed by atoms with Crippen LogP contribution >= 0.6 is 11.8 Å². The Bertz CT molecular complexity index is 1120. The molecule has 0 saturated heterocycles. The van der Waals surface area contributed by atoms with Gasteiger partial charge in [0.15, 0.2) is 5.65 Å². The average molecular weight is 407 g/mol. The van der Waals surface area contributed by atoms with Crippen LogP contribution in [-0.4, -0.2) is 57.0 Å². The Labute approximate surface area is 172 Å². The zero-order valence-electron chi connectivity index (χ0n) is 16.0. The second kappa shape index (κ2) is 9.02. The molecule has 1 amide bonds. The fourth-order valence-electron chi connectivity index (χ4n) is 3.08. The van der Waals surface area contributed by atoms with Crippen molar-refractivity contribution >= 4 is 39.7 Å². The number of benzene rings is 2. The van der Waals surface area contributed by atoms with E-state index in [0.29, 0.717) is 30.5 Å². The lowest BCUT2D eigenvalue weighted by Gasteiger charge is -2.22. The molecule has 2 heterocycles. The van der Waals surface area contributed by atoms with E-state index in [-0.39, 0.29) is 11.7 Å². The number of nitrogens with zero attached hydrogens (tertiary/aromatic N) is 4. The van der Waals surface area contributed by atoms with Gasteiger partial charge in [0.05, 0.1) is 12.4 Å². The number of aromatic amines is 1. The van der Waals surface area contributed by atoms with Crippen LogP contribution in [0.15, 0.2) is 59.8 Å². The number of fused-ring (bicyclic) bond motifs is 3. The van der Waals surface area contributed by atoms with Crippen LogP contribution < -0.4 is 0 Å². The summed E-state index contributed by atoms with van der Waals surface area (Å²) in [6, 6.07) is 17.8. The van der Waals surface area contributed by atoms with Crippen molar-refractivity contribution < 1.29 is 9.53 Å². The van der Waals surface area contributed by atoms with E-state index < -0.39 is 0 Å². The average Bonchev–Trinajstić information content (AvgIpc) is 3.13. The molecule has 0 aliphatic rings. The van der Waals surface area contributed by atoms with Gasteiger partial charge in [-0.1, -0.05) is 60.3 Å². The minimum absolute atomic E-state index is 0.0104. The number of rotatable bonds is 8. The van der Waals surface area contributed by atoms with Gasteiger partial charge in [-0.05, 0) is 11.6 Å². The number of aromatic nitrogens is 4. The first-order valence-corrected chi connectivity index (χ1v) is 10.3. The zero-order valence-corrected chi connectivity index (χ0v) is 16.9. The van der Waals surface area contributed by atoms with Crippen LogP contribution in [-0.2, 0) is 16.1 Å². The molecule has 0 saturated carbocycles. The molecule has 1 N–H and O–H groups in total. The van der Waals surface area contributed by atoms with Crippen LogP contribution in [0, 0.1) is 0 Å². The lowest BCUT2D eigenvalue weighted by Crippen LogP contribution is -2.34. The molecule has 29 heavy (non-hydrogen) atoms. The number of thioether (sulfide) groups is 1. The van der Waals surface area contributed by atoms with Gasteiger partial charge in [-0.3, -0.25) is 4.79 Å². The number of nitrogens with one attached hydrogen (secondary N) is 1. The zero-order chi connectivity index (χ0) is 20.1. The maximum atomic E-state index is 12.8. The van der Waals surface area contributed by atoms with Gasteiger partial charge >= 0.3 is 0 Å². The van der Waals surface area contributed by atoms with E-state index in [2.05, 4.69) is 20.2 Å². The van der Waals surface area contributed by atoms with Crippen molar-refractivity contribution in [1.82, 2.24) is 25.1 Å². The number of carbonyl (C=O) groups excluding carboxylic acids is 1. The Morgan fingerprint density at radius 1 is 1.10 bits per heavy atom. The summed E-state index contributed by atoms with van der Waals surface area (Å²) in [5.41, 5.74) is 3.47. The van der Waals surface area contributed by atoms with Gasteiger partial charge in [-0.25, -0.2) is 4.98 Å². The smallest absolute Gasteiger partial charge is 0.233 e. The van der Waals surface area contributed by atoms with Crippen LogP contribution in [0.1, 0.15) is 5.56 Å². The van der Waals surface area contributed by atoms with E-state index in [1.54, 1.807) is 12.0 Å². The van der Waals surface area contributed by atoms with Crippen LogP contribution in [0.3, 0.4) is 0 Å². The van der Waals surface area contributed by atoms with Gasteiger partial charge in [0, 0.05) is 31.1 Å². The molecular formula is C21H21N5O2S. The van der Waals surface area contributed by atoms with Gasteiger partial charge in [-0.15, -0.1) is 10.2 Å². The van der Waals surface area contributed by atoms with Gasteiger partial charge in [0.1, 0.15) is 5.52 Å². The molecule has 0 aliphatic carbocycles. The van der Waals surface area contributed by atoms with E-state index >= 15 is 0 Å². The van der Waals surface area contributed by atoms with Crippen molar-refractivity contribution in [2.45, 2.75) is 11.7 Å². The van der Waals surface area contributed by atoms with Crippen molar-refractivity contribution in [3.8, 4) is 0 Å². The third kappa shape index (κ3) is 4.55. The molecule has 7 nitrogen and oxygen atoms in total. The highest BCUT2D eigenvalue weighted by Gasteiger charge is 2.16. The van der Waals surface area contributed by atoms with Crippen LogP contribution in [0.25, 0.3) is 22.1 Å². The second-order valence-corrected chi connectivity index (χ2v) is 7.49. The third-order valence-corrected chi connectivity index (χ3v) is 5.38. The van der Waals surface area contributed by atoms with Crippen molar-refractivity contribution in [3.63, 3.8) is 0 Å². The van der Waals surface area contributed by atoms with Crippen LogP contribution in [0.2, 0.25) is 0 Å². The predicted octanol–water partition coefficient (Wildman–Crippen LogP) is 3.27. The first kappa shape index (κ1) is 19.4. The summed E-state index contributed by atoms with van der Waals surface area (Å²) < 4.78 is 5.16. The molecular weight excluding hydrogens is 386 g/mol. The largest absolute Gasteiger partial charge is 0.383 e. The minimum atomic E-state index is 0.0104. The fourth-order valence-corrected chi connectivity index (χ4v) is 3.77. The molecule has 0 spiro atoms. The monoisotopic (exact) mass is 407 g/mol. The maximum Gasteiger partial charge on any atom is 0.233 e. The summed E-state index contributed by atoms with van der Waals surface area (Å²) >= 11 is 1.29. The maximum absolute atomic E-state index is 12.8. The number of methoxy groups -OCH3 is 1. The number of hydrogen-bond donors (Lipinski definition) is 1. The second-order valence-electron chi connectivity index (χ2n) is 6.54. The SMILES string of the molecule is COCCN(Cc1ccccc1)C(=O)CSc1nnc2c(n1)[nH]c1ccccc12. The molecule has 0 fully saturated rings. The Kier molecular flexibility index (Phi) is 6.02. The van der Waals surface area contributed by atoms with Gasteiger partial charge in [0.25, 0.3) is 0 Å². The quantitative estimate of drug-likeness (QED) is 0.451. The summed E-state index contributed by atoms with van der Waals surface area (Å²) in [6.07, 6.45) is 0. The first-order chi connectivity index (χ1) is 14.2. The van der Waals surface area contributed by atoms with E-state index in [4.69, 9.17) is 4.74 Å².